The maximum Gasteiger partial charge on any atom is 0.338 e. The van der Waals surface area contributed by atoms with E-state index in [4.69, 9.17) is 4.74 Å². The lowest BCUT2D eigenvalue weighted by Crippen LogP contribution is -2.30. The van der Waals surface area contributed by atoms with Gasteiger partial charge in [-0.15, -0.1) is 0 Å². The highest BCUT2D eigenvalue weighted by molar-refractivity contribution is 7.89. The van der Waals surface area contributed by atoms with Gasteiger partial charge in [0.2, 0.25) is 10.0 Å². The smallest absolute Gasteiger partial charge is 0.338 e. The molecule has 30 heavy (non-hydrogen) atoms. The SMILES string of the molecule is CCNS(=O)(=O)c1cccc(C(=O)OC(C)C(=O)Nc2ccccc2C(C)CC)c1. The van der Waals surface area contributed by atoms with Gasteiger partial charge in [0.25, 0.3) is 5.91 Å². The lowest BCUT2D eigenvalue weighted by molar-refractivity contribution is -0.123. The molecule has 0 aliphatic carbocycles. The molecule has 1 amide bonds. The van der Waals surface area contributed by atoms with Crippen LogP contribution in [0.4, 0.5) is 5.69 Å². The first-order valence-electron chi connectivity index (χ1n) is 9.90. The number of para-hydroxylation sites is 1. The maximum atomic E-state index is 12.6. The first kappa shape index (κ1) is 23.6. The topological polar surface area (TPSA) is 102 Å². The molecule has 0 heterocycles. The van der Waals surface area contributed by atoms with Gasteiger partial charge in [0, 0.05) is 12.2 Å². The van der Waals surface area contributed by atoms with Crippen molar-refractivity contribution in [3.05, 3.63) is 59.7 Å². The Morgan fingerprint density at radius 3 is 2.40 bits per heavy atom. The number of carbonyl (C=O) groups excluding carboxylic acids is 2. The van der Waals surface area contributed by atoms with E-state index >= 15 is 0 Å². The average Bonchev–Trinajstić information content (AvgIpc) is 2.73. The van der Waals surface area contributed by atoms with Crippen molar-refractivity contribution < 1.29 is 22.7 Å². The standard InChI is InChI=1S/C22H28N2O5S/c1-5-15(3)19-12-7-8-13-20(19)24-21(25)16(4)29-22(26)17-10-9-11-18(14-17)30(27,28)23-6-2/h7-16,23H,5-6H2,1-4H3,(H,24,25). The van der Waals surface area contributed by atoms with Gasteiger partial charge in [0.1, 0.15) is 0 Å². The monoisotopic (exact) mass is 432 g/mol. The molecule has 0 aliphatic rings. The lowest BCUT2D eigenvalue weighted by Gasteiger charge is -2.18. The molecule has 0 saturated carbocycles. The van der Waals surface area contributed by atoms with E-state index in [2.05, 4.69) is 23.9 Å². The van der Waals surface area contributed by atoms with Crippen LogP contribution in [-0.2, 0) is 19.6 Å². The number of ether oxygens (including phenoxy) is 1. The molecule has 0 spiro atoms. The minimum atomic E-state index is -3.70. The lowest BCUT2D eigenvalue weighted by atomic mass is 9.97. The van der Waals surface area contributed by atoms with Crippen LogP contribution in [0.25, 0.3) is 0 Å². The summed E-state index contributed by atoms with van der Waals surface area (Å²) in [5.41, 5.74) is 1.74. The fourth-order valence-corrected chi connectivity index (χ4v) is 3.93. The zero-order valence-electron chi connectivity index (χ0n) is 17.6. The normalized spacial score (nSPS) is 13.3. The van der Waals surface area contributed by atoms with Crippen LogP contribution in [0.2, 0.25) is 0 Å². The molecule has 2 aromatic carbocycles. The first-order chi connectivity index (χ1) is 14.2. The van der Waals surface area contributed by atoms with Crippen molar-refractivity contribution in [3.8, 4) is 0 Å². The molecule has 2 aromatic rings. The Bertz CT molecular complexity index is 1000. The van der Waals surface area contributed by atoms with E-state index in [1.54, 1.807) is 6.92 Å². The molecule has 2 rings (SSSR count). The van der Waals surface area contributed by atoms with Gasteiger partial charge in [0.15, 0.2) is 6.10 Å². The summed E-state index contributed by atoms with van der Waals surface area (Å²) < 4.78 is 31.9. The molecule has 0 radical (unpaired) electrons. The number of anilines is 1. The second kappa shape index (κ2) is 10.4. The summed E-state index contributed by atoms with van der Waals surface area (Å²) in [4.78, 5) is 25.0. The zero-order chi connectivity index (χ0) is 22.3. The highest BCUT2D eigenvalue weighted by Gasteiger charge is 2.22. The number of carbonyl (C=O) groups is 2. The third kappa shape index (κ3) is 5.90. The Balaban J connectivity index is 2.11. The Hall–Kier alpha value is -2.71. The molecule has 8 heteroatoms. The predicted molar refractivity (Wildman–Crippen MR) is 116 cm³/mol. The number of sulfonamides is 1. The Morgan fingerprint density at radius 1 is 1.03 bits per heavy atom. The van der Waals surface area contributed by atoms with E-state index in [0.29, 0.717) is 5.69 Å². The summed E-state index contributed by atoms with van der Waals surface area (Å²) >= 11 is 0. The minimum Gasteiger partial charge on any atom is -0.449 e. The van der Waals surface area contributed by atoms with E-state index < -0.39 is 28.0 Å². The molecular formula is C22H28N2O5S. The van der Waals surface area contributed by atoms with Crippen molar-refractivity contribution in [2.75, 3.05) is 11.9 Å². The molecule has 2 N–H and O–H groups in total. The highest BCUT2D eigenvalue weighted by Crippen LogP contribution is 2.26. The molecule has 0 aromatic heterocycles. The Labute approximate surface area is 177 Å². The third-order valence-corrected chi connectivity index (χ3v) is 6.27. The molecule has 0 saturated heterocycles. The van der Waals surface area contributed by atoms with Crippen molar-refractivity contribution in [2.24, 2.45) is 0 Å². The van der Waals surface area contributed by atoms with E-state index in [0.717, 1.165) is 12.0 Å². The molecule has 7 nitrogen and oxygen atoms in total. The van der Waals surface area contributed by atoms with Crippen LogP contribution >= 0.6 is 0 Å². The van der Waals surface area contributed by atoms with Gasteiger partial charge in [-0.25, -0.2) is 17.9 Å². The van der Waals surface area contributed by atoms with Crippen molar-refractivity contribution in [2.45, 2.75) is 51.0 Å². The maximum absolute atomic E-state index is 12.6. The number of hydrogen-bond donors (Lipinski definition) is 2. The predicted octanol–water partition coefficient (Wildman–Crippen LogP) is 3.68. The van der Waals surface area contributed by atoms with Crippen LogP contribution in [0.3, 0.4) is 0 Å². The van der Waals surface area contributed by atoms with E-state index in [9.17, 15) is 18.0 Å². The number of rotatable bonds is 9. The summed E-state index contributed by atoms with van der Waals surface area (Å²) in [5.74, 6) is -0.974. The largest absolute Gasteiger partial charge is 0.449 e. The summed E-state index contributed by atoms with van der Waals surface area (Å²) in [6.07, 6.45) is -0.139. The third-order valence-electron chi connectivity index (χ3n) is 4.73. The molecule has 0 aliphatic heterocycles. The second-order valence-corrected chi connectivity index (χ2v) is 8.73. The van der Waals surface area contributed by atoms with Crippen molar-refractivity contribution >= 4 is 27.6 Å². The zero-order valence-corrected chi connectivity index (χ0v) is 18.5. The van der Waals surface area contributed by atoms with Crippen LogP contribution in [0.5, 0.6) is 0 Å². The molecule has 0 fully saturated rings. The molecule has 2 unspecified atom stereocenters. The Morgan fingerprint density at radius 2 is 1.73 bits per heavy atom. The number of esters is 1. The summed E-state index contributed by atoms with van der Waals surface area (Å²) in [7, 11) is -3.70. The van der Waals surface area contributed by atoms with Gasteiger partial charge >= 0.3 is 5.97 Å². The Kier molecular flexibility index (Phi) is 8.14. The number of hydrogen-bond acceptors (Lipinski definition) is 5. The number of benzene rings is 2. The van der Waals surface area contributed by atoms with Crippen LogP contribution < -0.4 is 10.0 Å². The van der Waals surface area contributed by atoms with Gasteiger partial charge in [-0.2, -0.15) is 0 Å². The van der Waals surface area contributed by atoms with Crippen molar-refractivity contribution in [1.29, 1.82) is 0 Å². The molecule has 162 valence electrons. The molecular weight excluding hydrogens is 404 g/mol. The van der Waals surface area contributed by atoms with Gasteiger partial charge < -0.3 is 10.1 Å². The van der Waals surface area contributed by atoms with Crippen LogP contribution in [0.15, 0.2) is 53.4 Å². The van der Waals surface area contributed by atoms with E-state index in [-0.39, 0.29) is 22.9 Å². The quantitative estimate of drug-likeness (QED) is 0.589. The second-order valence-electron chi connectivity index (χ2n) is 6.96. The van der Waals surface area contributed by atoms with Gasteiger partial charge in [-0.05, 0) is 49.1 Å². The molecule has 2 atom stereocenters. The molecule has 0 bridgehead atoms. The summed E-state index contributed by atoms with van der Waals surface area (Å²) in [5, 5.41) is 2.81. The highest BCUT2D eigenvalue weighted by atomic mass is 32.2. The van der Waals surface area contributed by atoms with Gasteiger partial charge in [-0.1, -0.05) is 45.0 Å². The van der Waals surface area contributed by atoms with E-state index in [1.165, 1.54) is 31.2 Å². The fraction of sp³-hybridized carbons (Fsp3) is 0.364. The van der Waals surface area contributed by atoms with Crippen LogP contribution in [-0.4, -0.2) is 32.9 Å². The summed E-state index contributed by atoms with van der Waals surface area (Å²) in [6.45, 7) is 7.50. The van der Waals surface area contributed by atoms with Gasteiger partial charge in [0.05, 0.1) is 10.5 Å². The van der Waals surface area contributed by atoms with Crippen LogP contribution in [0.1, 0.15) is 56.0 Å². The number of nitrogens with one attached hydrogen (secondary N) is 2. The minimum absolute atomic E-state index is 0.0432. The van der Waals surface area contributed by atoms with Crippen molar-refractivity contribution in [1.82, 2.24) is 4.72 Å². The summed E-state index contributed by atoms with van der Waals surface area (Å²) in [6, 6.07) is 13.0. The average molecular weight is 433 g/mol. The fourth-order valence-electron chi connectivity index (χ4n) is 2.84. The number of amides is 1. The van der Waals surface area contributed by atoms with Crippen LogP contribution in [0, 0.1) is 0 Å². The first-order valence-corrected chi connectivity index (χ1v) is 11.4. The van der Waals surface area contributed by atoms with Crippen molar-refractivity contribution in [3.63, 3.8) is 0 Å². The van der Waals surface area contributed by atoms with Gasteiger partial charge in [-0.3, -0.25) is 4.79 Å². The van der Waals surface area contributed by atoms with E-state index in [1.807, 2.05) is 24.3 Å².